The molecule has 0 aliphatic rings. The molecule has 0 spiro atoms. The fraction of sp³-hybridized carbons (Fsp3) is 0.133. The maximum absolute atomic E-state index is 9.08. The molecular formula is C15H14N2S. The summed E-state index contributed by atoms with van der Waals surface area (Å²) in [7, 11) is 0. The molecule has 18 heavy (non-hydrogen) atoms. The van der Waals surface area contributed by atoms with E-state index >= 15 is 0 Å². The number of hydrogen-bond acceptors (Lipinski definition) is 3. The predicted molar refractivity (Wildman–Crippen MR) is 76.3 cm³/mol. The summed E-state index contributed by atoms with van der Waals surface area (Å²) in [4.78, 5) is 0.981. The second-order valence-electron chi connectivity index (χ2n) is 4.08. The zero-order chi connectivity index (χ0) is 13.0. The molecule has 2 N–H and O–H groups in total. The quantitative estimate of drug-likeness (QED) is 0.670. The molecule has 0 saturated carbocycles. The van der Waals surface area contributed by atoms with Crippen LogP contribution >= 0.6 is 11.8 Å². The molecule has 2 aromatic rings. The van der Waals surface area contributed by atoms with Gasteiger partial charge >= 0.3 is 0 Å². The van der Waals surface area contributed by atoms with Crippen molar-refractivity contribution >= 4 is 17.4 Å². The van der Waals surface area contributed by atoms with Gasteiger partial charge < -0.3 is 5.73 Å². The average Bonchev–Trinajstić information content (AvgIpc) is 2.39. The van der Waals surface area contributed by atoms with Crippen LogP contribution in [0.2, 0.25) is 0 Å². The van der Waals surface area contributed by atoms with Crippen molar-refractivity contribution in [3.63, 3.8) is 0 Å². The summed E-state index contributed by atoms with van der Waals surface area (Å²) < 4.78 is 0. The molecule has 0 aliphatic heterocycles. The van der Waals surface area contributed by atoms with Crippen molar-refractivity contribution in [3.8, 4) is 6.07 Å². The summed E-state index contributed by atoms with van der Waals surface area (Å²) in [5.74, 6) is 0.866. The normalized spacial score (nSPS) is 10.0. The number of nitriles is 1. The number of nitrogens with zero attached hydrogens (tertiary/aromatic N) is 1. The maximum atomic E-state index is 9.08. The first-order valence-corrected chi connectivity index (χ1v) is 6.66. The third-order valence-corrected chi connectivity index (χ3v) is 3.89. The van der Waals surface area contributed by atoms with Gasteiger partial charge in [0.15, 0.2) is 0 Å². The topological polar surface area (TPSA) is 49.8 Å². The molecule has 0 saturated heterocycles. The maximum Gasteiger partial charge on any atom is 0.100 e. The smallest absolute Gasteiger partial charge is 0.100 e. The Morgan fingerprint density at radius 2 is 2.00 bits per heavy atom. The van der Waals surface area contributed by atoms with Gasteiger partial charge in [-0.15, -0.1) is 11.8 Å². The Morgan fingerprint density at radius 3 is 2.72 bits per heavy atom. The van der Waals surface area contributed by atoms with E-state index in [-0.39, 0.29) is 0 Å². The van der Waals surface area contributed by atoms with Crippen LogP contribution in [0.4, 0.5) is 5.69 Å². The van der Waals surface area contributed by atoms with E-state index in [1.54, 1.807) is 17.8 Å². The SMILES string of the molecule is Cc1ccccc1CSc1ccc(N)cc1C#N. The van der Waals surface area contributed by atoms with Crippen LogP contribution in [0.15, 0.2) is 47.4 Å². The molecule has 0 radical (unpaired) electrons. The molecule has 0 atom stereocenters. The van der Waals surface area contributed by atoms with Gasteiger partial charge in [-0.1, -0.05) is 24.3 Å². The lowest BCUT2D eigenvalue weighted by Gasteiger charge is -2.07. The molecule has 90 valence electrons. The van der Waals surface area contributed by atoms with Gasteiger partial charge in [0.05, 0.1) is 5.56 Å². The minimum absolute atomic E-state index is 0.631. The average molecular weight is 254 g/mol. The van der Waals surface area contributed by atoms with Crippen molar-refractivity contribution < 1.29 is 0 Å². The molecule has 0 heterocycles. The van der Waals surface area contributed by atoms with E-state index in [9.17, 15) is 0 Å². The largest absolute Gasteiger partial charge is 0.399 e. The van der Waals surface area contributed by atoms with Gasteiger partial charge in [0, 0.05) is 16.3 Å². The lowest BCUT2D eigenvalue weighted by molar-refractivity contribution is 1.29. The van der Waals surface area contributed by atoms with Crippen molar-refractivity contribution in [3.05, 3.63) is 59.2 Å². The molecule has 0 fully saturated rings. The second kappa shape index (κ2) is 5.61. The fourth-order valence-corrected chi connectivity index (χ4v) is 2.75. The highest BCUT2D eigenvalue weighted by atomic mass is 32.2. The third-order valence-electron chi connectivity index (χ3n) is 2.77. The molecule has 3 heteroatoms. The van der Waals surface area contributed by atoms with Gasteiger partial charge in [0.2, 0.25) is 0 Å². The highest BCUT2D eigenvalue weighted by Gasteiger charge is 2.04. The van der Waals surface area contributed by atoms with Crippen LogP contribution < -0.4 is 5.73 Å². The van der Waals surface area contributed by atoms with Crippen molar-refractivity contribution in [1.82, 2.24) is 0 Å². The Labute approximate surface area is 111 Å². The number of aryl methyl sites for hydroxylation is 1. The minimum Gasteiger partial charge on any atom is -0.399 e. The van der Waals surface area contributed by atoms with Crippen LogP contribution in [-0.4, -0.2) is 0 Å². The first kappa shape index (κ1) is 12.5. The first-order chi connectivity index (χ1) is 8.70. The number of nitrogens with two attached hydrogens (primary N) is 1. The Hall–Kier alpha value is -1.92. The van der Waals surface area contributed by atoms with Crippen LogP contribution in [0.3, 0.4) is 0 Å². The van der Waals surface area contributed by atoms with Crippen molar-refractivity contribution in [2.45, 2.75) is 17.6 Å². The van der Waals surface area contributed by atoms with Crippen molar-refractivity contribution in [1.29, 1.82) is 5.26 Å². The van der Waals surface area contributed by atoms with Gasteiger partial charge in [-0.2, -0.15) is 5.26 Å². The zero-order valence-corrected chi connectivity index (χ0v) is 11.0. The van der Waals surface area contributed by atoms with Gasteiger partial charge in [-0.25, -0.2) is 0 Å². The number of anilines is 1. The van der Waals surface area contributed by atoms with Crippen molar-refractivity contribution in [2.75, 3.05) is 5.73 Å². The van der Waals surface area contributed by atoms with Crippen LogP contribution in [0.1, 0.15) is 16.7 Å². The number of nitrogen functional groups attached to an aromatic ring is 1. The molecule has 0 bridgehead atoms. The van der Waals surface area contributed by atoms with Crippen molar-refractivity contribution in [2.24, 2.45) is 0 Å². The fourth-order valence-electron chi connectivity index (χ4n) is 1.69. The Bertz CT molecular complexity index is 600. The molecule has 0 aliphatic carbocycles. The van der Waals surface area contributed by atoms with E-state index in [0.29, 0.717) is 11.3 Å². The molecule has 0 aromatic heterocycles. The van der Waals surface area contributed by atoms with Crippen LogP contribution in [0.5, 0.6) is 0 Å². The Morgan fingerprint density at radius 1 is 1.22 bits per heavy atom. The van der Waals surface area contributed by atoms with E-state index in [1.807, 2.05) is 24.3 Å². The molecule has 2 rings (SSSR count). The van der Waals surface area contributed by atoms with E-state index in [4.69, 9.17) is 11.0 Å². The van der Waals surface area contributed by atoms with E-state index in [1.165, 1.54) is 11.1 Å². The van der Waals surface area contributed by atoms with E-state index in [0.717, 1.165) is 10.6 Å². The summed E-state index contributed by atoms with van der Waals surface area (Å²) >= 11 is 1.67. The molecular weight excluding hydrogens is 240 g/mol. The summed E-state index contributed by atoms with van der Waals surface area (Å²) in [6.07, 6.45) is 0. The van der Waals surface area contributed by atoms with Gasteiger partial charge in [-0.3, -0.25) is 0 Å². The van der Waals surface area contributed by atoms with Gasteiger partial charge in [-0.05, 0) is 36.2 Å². The van der Waals surface area contributed by atoms with Crippen LogP contribution in [0, 0.1) is 18.3 Å². The van der Waals surface area contributed by atoms with Gasteiger partial charge in [0.25, 0.3) is 0 Å². The summed E-state index contributed by atoms with van der Waals surface area (Å²) in [6.45, 7) is 2.10. The highest BCUT2D eigenvalue weighted by Crippen LogP contribution is 2.28. The van der Waals surface area contributed by atoms with Crippen LogP contribution in [0.25, 0.3) is 0 Å². The van der Waals surface area contributed by atoms with Crippen LogP contribution in [-0.2, 0) is 5.75 Å². The lowest BCUT2D eigenvalue weighted by atomic mass is 10.1. The summed E-state index contributed by atoms with van der Waals surface area (Å²) in [5, 5.41) is 9.08. The van der Waals surface area contributed by atoms with Gasteiger partial charge in [0.1, 0.15) is 6.07 Å². The lowest BCUT2D eigenvalue weighted by Crippen LogP contribution is -1.90. The zero-order valence-electron chi connectivity index (χ0n) is 10.2. The number of rotatable bonds is 3. The molecule has 0 amide bonds. The number of thioether (sulfide) groups is 1. The summed E-state index contributed by atoms with van der Waals surface area (Å²) in [5.41, 5.74) is 9.52. The molecule has 2 aromatic carbocycles. The number of benzene rings is 2. The Balaban J connectivity index is 2.16. The minimum atomic E-state index is 0.631. The standard InChI is InChI=1S/C15H14N2S/c1-11-4-2-3-5-12(11)10-18-15-7-6-14(17)8-13(15)9-16/h2-8H,10,17H2,1H3. The Kier molecular flexibility index (Phi) is 3.91. The highest BCUT2D eigenvalue weighted by molar-refractivity contribution is 7.98. The van der Waals surface area contributed by atoms with E-state index in [2.05, 4.69) is 25.1 Å². The molecule has 0 unspecified atom stereocenters. The summed E-state index contributed by atoms with van der Waals surface area (Å²) in [6, 6.07) is 15.9. The van der Waals surface area contributed by atoms with E-state index < -0.39 is 0 Å². The first-order valence-electron chi connectivity index (χ1n) is 5.67. The second-order valence-corrected chi connectivity index (χ2v) is 5.10. The third kappa shape index (κ3) is 2.85. The number of hydrogen-bond donors (Lipinski definition) is 1. The molecule has 2 nitrogen and oxygen atoms in total. The predicted octanol–water partition coefficient (Wildman–Crippen LogP) is 3.74. The monoisotopic (exact) mass is 254 g/mol.